The lowest BCUT2D eigenvalue weighted by atomic mass is 9.77. The molecule has 0 saturated carbocycles. The zero-order chi connectivity index (χ0) is 15.4. The summed E-state index contributed by atoms with van der Waals surface area (Å²) in [6.07, 6.45) is 5.59. The monoisotopic (exact) mass is 291 g/mol. The molecule has 1 N–H and O–H groups in total. The van der Waals surface area contributed by atoms with Gasteiger partial charge < -0.3 is 5.32 Å². The Labute approximate surface area is 134 Å². The number of hydrogen-bond acceptors (Lipinski definition) is 1. The molecule has 0 amide bonds. The maximum atomic E-state index is 3.95. The molecular formula is C21H25N. The van der Waals surface area contributed by atoms with Crippen LogP contribution in [0.15, 0.2) is 61.2 Å². The van der Waals surface area contributed by atoms with Gasteiger partial charge in [-0.3, -0.25) is 0 Å². The highest BCUT2D eigenvalue weighted by Crippen LogP contribution is 2.37. The second-order valence-corrected chi connectivity index (χ2v) is 6.37. The highest BCUT2D eigenvalue weighted by Gasteiger charge is 2.28. The summed E-state index contributed by atoms with van der Waals surface area (Å²) in [4.78, 5) is 0. The van der Waals surface area contributed by atoms with Crippen LogP contribution < -0.4 is 5.32 Å². The number of rotatable bonds is 5. The SMILES string of the molecule is C=CC[C@@H]1CCc2cc(C)ccc2[C@@H]1NCc1ccccc1. The van der Waals surface area contributed by atoms with Crippen molar-refractivity contribution >= 4 is 0 Å². The first-order valence-corrected chi connectivity index (χ1v) is 8.25. The molecule has 0 heterocycles. The van der Waals surface area contributed by atoms with Gasteiger partial charge in [0.1, 0.15) is 0 Å². The van der Waals surface area contributed by atoms with Crippen molar-refractivity contribution in [3.8, 4) is 0 Å². The first-order chi connectivity index (χ1) is 10.8. The van der Waals surface area contributed by atoms with Crippen molar-refractivity contribution in [2.24, 2.45) is 5.92 Å². The average molecular weight is 291 g/mol. The minimum atomic E-state index is 0.433. The summed E-state index contributed by atoms with van der Waals surface area (Å²) in [6.45, 7) is 7.06. The quantitative estimate of drug-likeness (QED) is 0.767. The van der Waals surface area contributed by atoms with Crippen molar-refractivity contribution in [1.29, 1.82) is 0 Å². The Hall–Kier alpha value is -1.86. The van der Waals surface area contributed by atoms with Gasteiger partial charge in [0, 0.05) is 12.6 Å². The van der Waals surface area contributed by atoms with Crippen LogP contribution in [0.5, 0.6) is 0 Å². The van der Waals surface area contributed by atoms with Gasteiger partial charge in [0.15, 0.2) is 0 Å². The normalized spacial score (nSPS) is 20.4. The van der Waals surface area contributed by atoms with Crippen LogP contribution in [-0.2, 0) is 13.0 Å². The van der Waals surface area contributed by atoms with Crippen molar-refractivity contribution in [3.05, 3.63) is 83.4 Å². The molecule has 3 rings (SSSR count). The highest BCUT2D eigenvalue weighted by atomic mass is 14.9. The van der Waals surface area contributed by atoms with Crippen LogP contribution in [0.3, 0.4) is 0 Å². The summed E-state index contributed by atoms with van der Waals surface area (Å²) in [5, 5.41) is 3.80. The smallest absolute Gasteiger partial charge is 0.0357 e. The third-order valence-corrected chi connectivity index (χ3v) is 4.73. The number of aryl methyl sites for hydroxylation is 2. The molecule has 2 atom stereocenters. The zero-order valence-electron chi connectivity index (χ0n) is 13.4. The first-order valence-electron chi connectivity index (χ1n) is 8.25. The van der Waals surface area contributed by atoms with Gasteiger partial charge in [0.2, 0.25) is 0 Å². The summed E-state index contributed by atoms with van der Waals surface area (Å²) in [7, 11) is 0. The Morgan fingerprint density at radius 2 is 2.00 bits per heavy atom. The van der Waals surface area contributed by atoms with E-state index in [1.54, 1.807) is 0 Å². The van der Waals surface area contributed by atoms with E-state index in [1.165, 1.54) is 35.1 Å². The second-order valence-electron chi connectivity index (χ2n) is 6.37. The molecule has 0 aliphatic heterocycles. The van der Waals surface area contributed by atoms with Gasteiger partial charge in [-0.1, -0.05) is 60.2 Å². The predicted octanol–water partition coefficient (Wildman–Crippen LogP) is 4.96. The minimum Gasteiger partial charge on any atom is -0.306 e. The van der Waals surface area contributed by atoms with Crippen molar-refractivity contribution in [3.63, 3.8) is 0 Å². The second kappa shape index (κ2) is 6.93. The van der Waals surface area contributed by atoms with E-state index in [9.17, 15) is 0 Å². The lowest BCUT2D eigenvalue weighted by Gasteiger charge is -2.34. The van der Waals surface area contributed by atoms with Gasteiger partial charge in [-0.15, -0.1) is 6.58 Å². The Kier molecular flexibility index (Phi) is 4.74. The van der Waals surface area contributed by atoms with E-state index in [-0.39, 0.29) is 0 Å². The average Bonchev–Trinajstić information content (AvgIpc) is 2.55. The van der Waals surface area contributed by atoms with Gasteiger partial charge >= 0.3 is 0 Å². The van der Waals surface area contributed by atoms with Crippen LogP contribution in [0.1, 0.15) is 41.1 Å². The number of allylic oxidation sites excluding steroid dienone is 1. The molecule has 0 fully saturated rings. The Morgan fingerprint density at radius 1 is 1.18 bits per heavy atom. The molecule has 0 aromatic heterocycles. The summed E-state index contributed by atoms with van der Waals surface area (Å²) < 4.78 is 0. The molecule has 22 heavy (non-hydrogen) atoms. The van der Waals surface area contributed by atoms with Crippen LogP contribution in [0.25, 0.3) is 0 Å². The molecular weight excluding hydrogens is 266 g/mol. The fraction of sp³-hybridized carbons (Fsp3) is 0.333. The highest BCUT2D eigenvalue weighted by molar-refractivity contribution is 5.36. The predicted molar refractivity (Wildman–Crippen MR) is 93.8 cm³/mol. The van der Waals surface area contributed by atoms with Crippen molar-refractivity contribution in [2.45, 2.75) is 38.8 Å². The largest absolute Gasteiger partial charge is 0.306 e. The van der Waals surface area contributed by atoms with Crippen molar-refractivity contribution < 1.29 is 0 Å². The van der Waals surface area contributed by atoms with E-state index in [2.05, 4.69) is 73.4 Å². The van der Waals surface area contributed by atoms with Crippen molar-refractivity contribution in [2.75, 3.05) is 0 Å². The number of fused-ring (bicyclic) bond motifs is 1. The lowest BCUT2D eigenvalue weighted by Crippen LogP contribution is -2.32. The maximum Gasteiger partial charge on any atom is 0.0357 e. The van der Waals surface area contributed by atoms with Crippen LogP contribution in [-0.4, -0.2) is 0 Å². The summed E-state index contributed by atoms with van der Waals surface area (Å²) >= 11 is 0. The van der Waals surface area contributed by atoms with E-state index < -0.39 is 0 Å². The van der Waals surface area contributed by atoms with E-state index in [4.69, 9.17) is 0 Å². The first kappa shape index (κ1) is 15.1. The number of hydrogen-bond donors (Lipinski definition) is 1. The van der Waals surface area contributed by atoms with E-state index in [1.807, 2.05) is 0 Å². The van der Waals surface area contributed by atoms with Crippen LogP contribution in [0.2, 0.25) is 0 Å². The van der Waals surface area contributed by atoms with Crippen LogP contribution >= 0.6 is 0 Å². The molecule has 1 aliphatic carbocycles. The van der Waals surface area contributed by atoms with Crippen LogP contribution in [0, 0.1) is 12.8 Å². The van der Waals surface area contributed by atoms with Gasteiger partial charge in [0.05, 0.1) is 0 Å². The lowest BCUT2D eigenvalue weighted by molar-refractivity contribution is 0.321. The molecule has 0 spiro atoms. The molecule has 0 unspecified atom stereocenters. The molecule has 1 nitrogen and oxygen atoms in total. The number of nitrogens with one attached hydrogen (secondary N) is 1. The topological polar surface area (TPSA) is 12.0 Å². The van der Waals surface area contributed by atoms with E-state index in [0.29, 0.717) is 12.0 Å². The molecule has 114 valence electrons. The molecule has 1 heteroatoms. The van der Waals surface area contributed by atoms with E-state index >= 15 is 0 Å². The molecule has 1 aliphatic rings. The number of benzene rings is 2. The molecule has 2 aromatic carbocycles. The van der Waals surface area contributed by atoms with Crippen LogP contribution in [0.4, 0.5) is 0 Å². The standard InChI is InChI=1S/C21H25N/c1-3-7-18-11-12-19-14-16(2)10-13-20(19)21(18)22-15-17-8-5-4-6-9-17/h3-6,8-10,13-14,18,21-22H,1,7,11-12,15H2,2H3/t18-,21-/m1/s1. The molecule has 0 radical (unpaired) electrons. The van der Waals surface area contributed by atoms with Gasteiger partial charge in [-0.2, -0.15) is 0 Å². The molecule has 0 saturated heterocycles. The Morgan fingerprint density at radius 3 is 2.77 bits per heavy atom. The minimum absolute atomic E-state index is 0.433. The van der Waals surface area contributed by atoms with E-state index in [0.717, 1.165) is 13.0 Å². The summed E-state index contributed by atoms with van der Waals surface area (Å²) in [5.74, 6) is 0.649. The van der Waals surface area contributed by atoms with Gasteiger partial charge in [0.25, 0.3) is 0 Å². The fourth-order valence-corrected chi connectivity index (χ4v) is 3.58. The zero-order valence-corrected chi connectivity index (χ0v) is 13.4. The Balaban J connectivity index is 1.82. The van der Waals surface area contributed by atoms with Crippen molar-refractivity contribution in [1.82, 2.24) is 5.32 Å². The third kappa shape index (κ3) is 3.31. The molecule has 2 aromatic rings. The fourth-order valence-electron chi connectivity index (χ4n) is 3.58. The van der Waals surface area contributed by atoms with Gasteiger partial charge in [-0.25, -0.2) is 0 Å². The third-order valence-electron chi connectivity index (χ3n) is 4.73. The maximum absolute atomic E-state index is 3.95. The summed E-state index contributed by atoms with van der Waals surface area (Å²) in [6, 6.07) is 18.0. The molecule has 0 bridgehead atoms. The van der Waals surface area contributed by atoms with Gasteiger partial charge in [-0.05, 0) is 48.8 Å². The Bertz CT molecular complexity index is 630. The summed E-state index contributed by atoms with van der Waals surface area (Å²) in [5.41, 5.74) is 5.72.